The Kier molecular flexibility index (Phi) is 7.15. The summed E-state index contributed by atoms with van der Waals surface area (Å²) >= 11 is 1.34. The van der Waals surface area contributed by atoms with Gasteiger partial charge < -0.3 is 16.0 Å². The Labute approximate surface area is 201 Å². The molecule has 0 radical (unpaired) electrons. The Morgan fingerprint density at radius 1 is 0.765 bits per heavy atom. The van der Waals surface area contributed by atoms with E-state index in [9.17, 15) is 14.4 Å². The number of anilines is 2. The topological polar surface area (TPSA) is 87.3 Å². The maximum atomic E-state index is 12.9. The number of aryl methyl sites for hydroxylation is 1. The first-order valence-corrected chi connectivity index (χ1v) is 11.6. The molecule has 3 aromatic carbocycles. The monoisotopic (exact) mass is 469 g/mol. The Balaban J connectivity index is 1.43. The van der Waals surface area contributed by atoms with Crippen LogP contribution in [0.3, 0.4) is 0 Å². The van der Waals surface area contributed by atoms with Crippen molar-refractivity contribution in [2.75, 3.05) is 10.6 Å². The molecule has 4 rings (SSSR count). The Bertz CT molecular complexity index is 1320. The predicted octanol–water partition coefficient (Wildman–Crippen LogP) is 5.49. The Hall–Kier alpha value is -4.23. The molecule has 0 unspecified atom stereocenters. The van der Waals surface area contributed by atoms with Crippen LogP contribution in [0.15, 0.2) is 90.3 Å². The van der Waals surface area contributed by atoms with Crippen LogP contribution in [0.4, 0.5) is 11.4 Å². The van der Waals surface area contributed by atoms with Crippen molar-refractivity contribution in [3.63, 3.8) is 0 Å². The van der Waals surface area contributed by atoms with Gasteiger partial charge in [0.25, 0.3) is 17.7 Å². The minimum atomic E-state index is -0.383. The van der Waals surface area contributed by atoms with Gasteiger partial charge in [0.05, 0.1) is 16.1 Å². The van der Waals surface area contributed by atoms with Gasteiger partial charge in [0.2, 0.25) is 0 Å². The van der Waals surface area contributed by atoms with Crippen LogP contribution >= 0.6 is 11.3 Å². The molecule has 1 heterocycles. The molecule has 0 aliphatic heterocycles. The molecule has 4 aromatic rings. The third-order valence-electron chi connectivity index (χ3n) is 5.12. The molecule has 0 saturated carbocycles. The molecule has 0 bridgehead atoms. The maximum Gasteiger partial charge on any atom is 0.265 e. The van der Waals surface area contributed by atoms with E-state index < -0.39 is 0 Å². The number of para-hydroxylation sites is 1. The van der Waals surface area contributed by atoms with E-state index in [0.717, 1.165) is 11.1 Å². The summed E-state index contributed by atoms with van der Waals surface area (Å²) in [7, 11) is 0. The lowest BCUT2D eigenvalue weighted by Crippen LogP contribution is -2.25. The number of thiophene rings is 1. The van der Waals surface area contributed by atoms with Gasteiger partial charge in [-0.2, -0.15) is 0 Å². The van der Waals surface area contributed by atoms with Crippen LogP contribution in [-0.4, -0.2) is 17.7 Å². The van der Waals surface area contributed by atoms with Gasteiger partial charge in [0.1, 0.15) is 0 Å². The quantitative estimate of drug-likeness (QED) is 0.334. The highest BCUT2D eigenvalue weighted by Crippen LogP contribution is 2.19. The van der Waals surface area contributed by atoms with Crippen molar-refractivity contribution < 1.29 is 14.4 Å². The lowest BCUT2D eigenvalue weighted by molar-refractivity contribution is 0.0951. The van der Waals surface area contributed by atoms with Crippen molar-refractivity contribution >= 4 is 40.4 Å². The molecule has 3 N–H and O–H groups in total. The first-order chi connectivity index (χ1) is 16.5. The van der Waals surface area contributed by atoms with E-state index in [1.165, 1.54) is 11.3 Å². The zero-order valence-corrected chi connectivity index (χ0v) is 19.3. The van der Waals surface area contributed by atoms with Gasteiger partial charge in [-0.15, -0.1) is 11.3 Å². The minimum Gasteiger partial charge on any atom is -0.348 e. The van der Waals surface area contributed by atoms with Gasteiger partial charge in [-0.3, -0.25) is 14.4 Å². The van der Waals surface area contributed by atoms with Crippen LogP contribution in [0, 0.1) is 6.92 Å². The average Bonchev–Trinajstić information content (AvgIpc) is 3.39. The van der Waals surface area contributed by atoms with Crippen molar-refractivity contribution in [1.82, 2.24) is 5.32 Å². The number of rotatable bonds is 7. The van der Waals surface area contributed by atoms with E-state index in [1.54, 1.807) is 60.7 Å². The first-order valence-electron chi connectivity index (χ1n) is 10.7. The molecule has 34 heavy (non-hydrogen) atoms. The summed E-state index contributed by atoms with van der Waals surface area (Å²) in [6.45, 7) is 2.39. The molecule has 0 aliphatic carbocycles. The Morgan fingerprint density at radius 3 is 2.32 bits per heavy atom. The molecular weight excluding hydrogens is 446 g/mol. The summed E-state index contributed by atoms with van der Waals surface area (Å²) in [4.78, 5) is 38.6. The number of hydrogen-bond donors (Lipinski definition) is 3. The second kappa shape index (κ2) is 10.6. The van der Waals surface area contributed by atoms with E-state index in [2.05, 4.69) is 16.0 Å². The molecule has 6 nitrogen and oxygen atoms in total. The maximum absolute atomic E-state index is 12.9. The molecular formula is C27H23N3O3S. The van der Waals surface area contributed by atoms with Crippen molar-refractivity contribution in [2.24, 2.45) is 0 Å². The largest absolute Gasteiger partial charge is 0.348 e. The van der Waals surface area contributed by atoms with Gasteiger partial charge in [0.15, 0.2) is 0 Å². The fourth-order valence-electron chi connectivity index (χ4n) is 3.31. The van der Waals surface area contributed by atoms with E-state index >= 15 is 0 Å². The minimum absolute atomic E-state index is 0.233. The molecule has 0 saturated heterocycles. The number of carbonyl (C=O) groups is 3. The van der Waals surface area contributed by atoms with Crippen LogP contribution in [-0.2, 0) is 6.54 Å². The third kappa shape index (κ3) is 5.76. The number of amides is 3. The normalized spacial score (nSPS) is 10.4. The van der Waals surface area contributed by atoms with Crippen LogP contribution in [0.5, 0.6) is 0 Å². The highest BCUT2D eigenvalue weighted by Gasteiger charge is 2.15. The zero-order valence-electron chi connectivity index (χ0n) is 18.5. The van der Waals surface area contributed by atoms with Crippen LogP contribution in [0.2, 0.25) is 0 Å². The lowest BCUT2D eigenvalue weighted by Gasteiger charge is -2.12. The van der Waals surface area contributed by atoms with Gasteiger partial charge in [0, 0.05) is 17.8 Å². The fraction of sp³-hybridized carbons (Fsp3) is 0.0741. The van der Waals surface area contributed by atoms with E-state index in [1.807, 2.05) is 36.6 Å². The van der Waals surface area contributed by atoms with Gasteiger partial charge in [-0.1, -0.05) is 54.1 Å². The van der Waals surface area contributed by atoms with E-state index in [0.29, 0.717) is 33.9 Å². The van der Waals surface area contributed by atoms with E-state index in [-0.39, 0.29) is 17.7 Å². The van der Waals surface area contributed by atoms with Crippen LogP contribution in [0.25, 0.3) is 0 Å². The van der Waals surface area contributed by atoms with Crippen LogP contribution < -0.4 is 16.0 Å². The highest BCUT2D eigenvalue weighted by atomic mass is 32.1. The van der Waals surface area contributed by atoms with Gasteiger partial charge in [-0.25, -0.2) is 0 Å². The molecule has 7 heteroatoms. The second-order valence-electron chi connectivity index (χ2n) is 7.68. The fourth-order valence-corrected chi connectivity index (χ4v) is 3.93. The standard InChI is InChI=1S/C27H23N3O3S/c1-18-11-13-19(14-12-18)17-28-26(32)22-8-2-3-9-23(22)30-25(31)20-6-4-7-21(16-20)29-27(33)24-10-5-15-34-24/h2-16H,17H2,1H3,(H,28,32)(H,29,33)(H,30,31). The summed E-state index contributed by atoms with van der Waals surface area (Å²) < 4.78 is 0. The molecule has 3 amide bonds. The molecule has 0 atom stereocenters. The predicted molar refractivity (Wildman–Crippen MR) is 135 cm³/mol. The summed E-state index contributed by atoms with van der Waals surface area (Å²) in [6.07, 6.45) is 0. The molecule has 170 valence electrons. The van der Waals surface area contributed by atoms with Crippen molar-refractivity contribution in [3.8, 4) is 0 Å². The molecule has 0 fully saturated rings. The second-order valence-corrected chi connectivity index (χ2v) is 8.63. The third-order valence-corrected chi connectivity index (χ3v) is 5.99. The van der Waals surface area contributed by atoms with Crippen molar-refractivity contribution in [3.05, 3.63) is 117 Å². The lowest BCUT2D eigenvalue weighted by atomic mass is 10.1. The number of hydrogen-bond acceptors (Lipinski definition) is 4. The summed E-state index contributed by atoms with van der Waals surface area (Å²) in [5.74, 6) is -0.900. The van der Waals surface area contributed by atoms with Gasteiger partial charge >= 0.3 is 0 Å². The molecule has 0 aliphatic rings. The Morgan fingerprint density at radius 2 is 1.56 bits per heavy atom. The average molecular weight is 470 g/mol. The van der Waals surface area contributed by atoms with Crippen molar-refractivity contribution in [1.29, 1.82) is 0 Å². The van der Waals surface area contributed by atoms with Crippen LogP contribution in [0.1, 0.15) is 41.5 Å². The molecule has 1 aromatic heterocycles. The number of carbonyl (C=O) groups excluding carboxylic acids is 3. The number of benzene rings is 3. The highest BCUT2D eigenvalue weighted by molar-refractivity contribution is 7.12. The van der Waals surface area contributed by atoms with Gasteiger partial charge in [-0.05, 0) is 54.3 Å². The zero-order chi connectivity index (χ0) is 23.9. The first kappa shape index (κ1) is 22.9. The molecule has 0 spiro atoms. The smallest absolute Gasteiger partial charge is 0.265 e. The SMILES string of the molecule is Cc1ccc(CNC(=O)c2ccccc2NC(=O)c2cccc(NC(=O)c3cccs3)c2)cc1. The van der Waals surface area contributed by atoms with E-state index in [4.69, 9.17) is 0 Å². The summed E-state index contributed by atoms with van der Waals surface area (Å²) in [5.41, 5.74) is 3.78. The summed E-state index contributed by atoms with van der Waals surface area (Å²) in [6, 6.07) is 25.0. The number of nitrogens with one attached hydrogen (secondary N) is 3. The van der Waals surface area contributed by atoms with Crippen molar-refractivity contribution in [2.45, 2.75) is 13.5 Å². The summed E-state index contributed by atoms with van der Waals surface area (Å²) in [5, 5.41) is 10.3.